The molecule has 2 aromatic rings. The highest BCUT2D eigenvalue weighted by Crippen LogP contribution is 2.13. The molecule has 100 valence electrons. The van der Waals surface area contributed by atoms with Gasteiger partial charge >= 0.3 is 0 Å². The first-order chi connectivity index (χ1) is 9.24. The third kappa shape index (κ3) is 3.01. The van der Waals surface area contributed by atoms with Crippen molar-refractivity contribution in [1.82, 2.24) is 14.8 Å². The largest absolute Gasteiger partial charge is 0.486 e. The van der Waals surface area contributed by atoms with Gasteiger partial charge in [-0.1, -0.05) is 5.16 Å². The van der Waals surface area contributed by atoms with E-state index in [1.807, 2.05) is 6.92 Å². The molecule has 0 fully saturated rings. The van der Waals surface area contributed by atoms with Gasteiger partial charge in [0.25, 0.3) is 0 Å². The fourth-order valence-corrected chi connectivity index (χ4v) is 1.59. The number of rotatable bonds is 5. The fraction of sp³-hybridized carbons (Fsp3) is 0.250. The van der Waals surface area contributed by atoms with E-state index in [4.69, 9.17) is 15.7 Å². The van der Waals surface area contributed by atoms with Crippen LogP contribution in [0, 0.1) is 0 Å². The molecule has 0 saturated carbocycles. The molecule has 0 radical (unpaired) electrons. The summed E-state index contributed by atoms with van der Waals surface area (Å²) in [6.45, 7) is 3.09. The van der Waals surface area contributed by atoms with Gasteiger partial charge in [0.15, 0.2) is 11.7 Å². The van der Waals surface area contributed by atoms with Crippen molar-refractivity contribution in [2.45, 2.75) is 20.1 Å². The van der Waals surface area contributed by atoms with E-state index in [0.29, 0.717) is 17.9 Å². The topological polar surface area (TPSA) is 98.5 Å². The standard InChI is InChI=1S/C12H15N5O2/c1-2-17-11(14-8-15-17)7-19-10-5-3-9(4-6-10)12(13)16-18/h3-6,8,18H,2,7H2,1H3,(H2,13,16). The predicted molar refractivity (Wildman–Crippen MR) is 69.0 cm³/mol. The van der Waals surface area contributed by atoms with Crippen molar-refractivity contribution < 1.29 is 9.94 Å². The van der Waals surface area contributed by atoms with Crippen molar-refractivity contribution in [3.63, 3.8) is 0 Å². The highest BCUT2D eigenvalue weighted by atomic mass is 16.5. The third-order valence-corrected chi connectivity index (χ3v) is 2.62. The minimum absolute atomic E-state index is 0.0669. The third-order valence-electron chi connectivity index (χ3n) is 2.62. The van der Waals surface area contributed by atoms with Gasteiger partial charge in [0.1, 0.15) is 18.7 Å². The Morgan fingerprint density at radius 3 is 2.79 bits per heavy atom. The Balaban J connectivity index is 2.00. The SMILES string of the molecule is CCn1ncnc1COc1ccc(C(N)=NO)cc1. The zero-order valence-electron chi connectivity index (χ0n) is 10.5. The summed E-state index contributed by atoms with van der Waals surface area (Å²) in [6, 6.07) is 6.93. The van der Waals surface area contributed by atoms with E-state index in [1.54, 1.807) is 28.9 Å². The van der Waals surface area contributed by atoms with Crippen LogP contribution >= 0.6 is 0 Å². The molecule has 7 nitrogen and oxygen atoms in total. The Morgan fingerprint density at radius 2 is 2.16 bits per heavy atom. The predicted octanol–water partition coefficient (Wildman–Crippen LogP) is 0.972. The molecule has 0 bridgehead atoms. The molecule has 0 aliphatic heterocycles. The Kier molecular flexibility index (Phi) is 3.97. The smallest absolute Gasteiger partial charge is 0.170 e. The van der Waals surface area contributed by atoms with Crippen LogP contribution in [0.2, 0.25) is 0 Å². The second-order valence-corrected chi connectivity index (χ2v) is 3.79. The molecule has 19 heavy (non-hydrogen) atoms. The second kappa shape index (κ2) is 5.85. The summed E-state index contributed by atoms with van der Waals surface area (Å²) in [7, 11) is 0. The first kappa shape index (κ1) is 12.9. The fourth-order valence-electron chi connectivity index (χ4n) is 1.59. The van der Waals surface area contributed by atoms with Gasteiger partial charge in [-0.2, -0.15) is 5.10 Å². The summed E-state index contributed by atoms with van der Waals surface area (Å²) < 4.78 is 7.36. The van der Waals surface area contributed by atoms with Crippen LogP contribution in [0.4, 0.5) is 0 Å². The maximum Gasteiger partial charge on any atom is 0.170 e. The van der Waals surface area contributed by atoms with E-state index in [2.05, 4.69) is 15.2 Å². The van der Waals surface area contributed by atoms with Gasteiger partial charge in [-0.05, 0) is 31.2 Å². The normalized spacial score (nSPS) is 11.5. The van der Waals surface area contributed by atoms with E-state index < -0.39 is 0 Å². The summed E-state index contributed by atoms with van der Waals surface area (Å²) in [4.78, 5) is 4.12. The zero-order valence-corrected chi connectivity index (χ0v) is 10.5. The van der Waals surface area contributed by atoms with Crippen LogP contribution in [-0.2, 0) is 13.2 Å². The lowest BCUT2D eigenvalue weighted by Gasteiger charge is -2.07. The van der Waals surface area contributed by atoms with Gasteiger partial charge in [0.05, 0.1) is 0 Å². The maximum absolute atomic E-state index is 8.56. The van der Waals surface area contributed by atoms with Gasteiger partial charge < -0.3 is 15.7 Å². The van der Waals surface area contributed by atoms with Gasteiger partial charge in [0.2, 0.25) is 0 Å². The lowest BCUT2D eigenvalue weighted by atomic mass is 10.2. The number of aryl methyl sites for hydroxylation is 1. The number of nitrogens with zero attached hydrogens (tertiary/aromatic N) is 4. The quantitative estimate of drug-likeness (QED) is 0.361. The van der Waals surface area contributed by atoms with Crippen LogP contribution in [0.1, 0.15) is 18.3 Å². The van der Waals surface area contributed by atoms with Gasteiger partial charge in [-0.3, -0.25) is 0 Å². The van der Waals surface area contributed by atoms with E-state index in [9.17, 15) is 0 Å². The first-order valence-corrected chi connectivity index (χ1v) is 5.82. The van der Waals surface area contributed by atoms with Crippen LogP contribution < -0.4 is 10.5 Å². The lowest BCUT2D eigenvalue weighted by molar-refractivity contribution is 0.287. The molecule has 1 aromatic heterocycles. The second-order valence-electron chi connectivity index (χ2n) is 3.79. The number of oxime groups is 1. The molecule has 1 aromatic carbocycles. The Morgan fingerprint density at radius 1 is 1.42 bits per heavy atom. The number of nitrogens with two attached hydrogens (primary N) is 1. The number of aromatic nitrogens is 3. The van der Waals surface area contributed by atoms with E-state index in [0.717, 1.165) is 12.4 Å². The Labute approximate surface area is 110 Å². The Hall–Kier alpha value is -2.57. The van der Waals surface area contributed by atoms with E-state index in [1.165, 1.54) is 6.33 Å². The summed E-state index contributed by atoms with van der Waals surface area (Å²) in [5.41, 5.74) is 6.10. The lowest BCUT2D eigenvalue weighted by Crippen LogP contribution is -2.12. The molecule has 0 aliphatic rings. The molecule has 2 rings (SSSR count). The molecule has 7 heteroatoms. The number of ether oxygens (including phenoxy) is 1. The average molecular weight is 261 g/mol. The molecule has 3 N–H and O–H groups in total. The van der Waals surface area contributed by atoms with Crippen molar-refractivity contribution in [1.29, 1.82) is 0 Å². The van der Waals surface area contributed by atoms with Gasteiger partial charge in [-0.15, -0.1) is 0 Å². The van der Waals surface area contributed by atoms with Crippen LogP contribution in [0.3, 0.4) is 0 Å². The highest BCUT2D eigenvalue weighted by Gasteiger charge is 2.04. The zero-order chi connectivity index (χ0) is 13.7. The molecular weight excluding hydrogens is 246 g/mol. The van der Waals surface area contributed by atoms with Crippen LogP contribution in [0.15, 0.2) is 35.7 Å². The number of hydrogen-bond acceptors (Lipinski definition) is 5. The number of amidine groups is 1. The van der Waals surface area contributed by atoms with Crippen LogP contribution in [-0.4, -0.2) is 25.8 Å². The monoisotopic (exact) mass is 261 g/mol. The molecule has 0 atom stereocenters. The van der Waals surface area contributed by atoms with Crippen molar-refractivity contribution in [2.24, 2.45) is 10.9 Å². The van der Waals surface area contributed by atoms with Crippen molar-refractivity contribution in [3.05, 3.63) is 42.0 Å². The molecular formula is C12H15N5O2. The minimum Gasteiger partial charge on any atom is -0.486 e. The summed E-state index contributed by atoms with van der Waals surface area (Å²) in [6.07, 6.45) is 1.50. The van der Waals surface area contributed by atoms with Crippen molar-refractivity contribution >= 4 is 5.84 Å². The molecule has 0 spiro atoms. The minimum atomic E-state index is 0.0669. The molecule has 1 heterocycles. The average Bonchev–Trinajstić information content (AvgIpc) is 2.92. The summed E-state index contributed by atoms with van der Waals surface area (Å²) >= 11 is 0. The highest BCUT2D eigenvalue weighted by molar-refractivity contribution is 5.97. The molecule has 0 aliphatic carbocycles. The van der Waals surface area contributed by atoms with Gasteiger partial charge in [-0.25, -0.2) is 9.67 Å². The van der Waals surface area contributed by atoms with Crippen molar-refractivity contribution in [2.75, 3.05) is 0 Å². The summed E-state index contributed by atoms with van der Waals surface area (Å²) in [5, 5.41) is 15.5. The van der Waals surface area contributed by atoms with Crippen molar-refractivity contribution in [3.8, 4) is 5.75 Å². The van der Waals surface area contributed by atoms with Crippen LogP contribution in [0.5, 0.6) is 5.75 Å². The first-order valence-electron chi connectivity index (χ1n) is 5.82. The number of benzene rings is 1. The summed E-state index contributed by atoms with van der Waals surface area (Å²) in [5.74, 6) is 1.51. The molecule has 0 saturated heterocycles. The molecule has 0 unspecified atom stereocenters. The van der Waals surface area contributed by atoms with E-state index >= 15 is 0 Å². The van der Waals surface area contributed by atoms with Crippen LogP contribution in [0.25, 0.3) is 0 Å². The molecule has 0 amide bonds. The Bertz CT molecular complexity index is 562. The maximum atomic E-state index is 8.56. The number of hydrogen-bond donors (Lipinski definition) is 2. The van der Waals surface area contributed by atoms with Gasteiger partial charge in [0, 0.05) is 12.1 Å². The van der Waals surface area contributed by atoms with E-state index in [-0.39, 0.29) is 5.84 Å².